The number of amides is 1. The zero-order valence-corrected chi connectivity index (χ0v) is 10.3. The quantitative estimate of drug-likeness (QED) is 0.870. The number of aliphatic hydroxyl groups is 1. The molecule has 1 aromatic carbocycles. The second kappa shape index (κ2) is 5.07. The highest BCUT2D eigenvalue weighted by Crippen LogP contribution is 2.32. The van der Waals surface area contributed by atoms with E-state index in [9.17, 15) is 9.90 Å². The van der Waals surface area contributed by atoms with E-state index in [1.807, 2.05) is 0 Å². The second-order valence-electron chi connectivity index (χ2n) is 4.67. The van der Waals surface area contributed by atoms with Crippen molar-refractivity contribution in [3.63, 3.8) is 0 Å². The molecule has 92 valence electrons. The smallest absolute Gasteiger partial charge is 0.227 e. The van der Waals surface area contributed by atoms with Crippen molar-refractivity contribution in [2.45, 2.75) is 37.7 Å². The van der Waals surface area contributed by atoms with Crippen molar-refractivity contribution in [3.8, 4) is 0 Å². The van der Waals surface area contributed by atoms with Gasteiger partial charge in [-0.25, -0.2) is 0 Å². The fourth-order valence-electron chi connectivity index (χ4n) is 2.28. The topological polar surface area (TPSA) is 49.3 Å². The van der Waals surface area contributed by atoms with Crippen LogP contribution < -0.4 is 5.32 Å². The molecule has 1 amide bonds. The lowest BCUT2D eigenvalue weighted by molar-refractivity contribution is -0.120. The first kappa shape index (κ1) is 12.4. The summed E-state index contributed by atoms with van der Waals surface area (Å²) in [6.07, 6.45) is 3.60. The third-order valence-corrected chi connectivity index (χ3v) is 3.37. The molecule has 0 heterocycles. The van der Waals surface area contributed by atoms with Crippen molar-refractivity contribution in [1.82, 2.24) is 0 Å². The molecular weight excluding hydrogens is 238 g/mol. The van der Waals surface area contributed by atoms with Gasteiger partial charge in [0, 0.05) is 10.7 Å². The van der Waals surface area contributed by atoms with Crippen LogP contribution in [0.25, 0.3) is 0 Å². The van der Waals surface area contributed by atoms with Crippen molar-refractivity contribution in [2.24, 2.45) is 0 Å². The van der Waals surface area contributed by atoms with Crippen LogP contribution in [0.2, 0.25) is 5.02 Å². The largest absolute Gasteiger partial charge is 0.389 e. The Morgan fingerprint density at radius 1 is 1.41 bits per heavy atom. The normalized spacial score (nSPS) is 18.0. The summed E-state index contributed by atoms with van der Waals surface area (Å²) >= 11 is 5.83. The van der Waals surface area contributed by atoms with Gasteiger partial charge in [0.25, 0.3) is 0 Å². The first-order chi connectivity index (χ1) is 8.07. The van der Waals surface area contributed by atoms with Crippen LogP contribution >= 0.6 is 11.6 Å². The number of halogens is 1. The van der Waals surface area contributed by atoms with E-state index in [2.05, 4.69) is 5.32 Å². The molecule has 3 nitrogen and oxygen atoms in total. The van der Waals surface area contributed by atoms with Gasteiger partial charge in [0.1, 0.15) is 0 Å². The fraction of sp³-hybridized carbons (Fsp3) is 0.462. The molecule has 0 atom stereocenters. The Hall–Kier alpha value is -1.06. The molecule has 0 bridgehead atoms. The van der Waals surface area contributed by atoms with Gasteiger partial charge < -0.3 is 10.4 Å². The van der Waals surface area contributed by atoms with E-state index in [1.54, 1.807) is 24.3 Å². The zero-order chi connectivity index (χ0) is 12.3. The van der Waals surface area contributed by atoms with Crippen LogP contribution in [0.1, 0.15) is 32.1 Å². The molecule has 0 radical (unpaired) electrons. The number of hydrogen-bond donors (Lipinski definition) is 2. The van der Waals surface area contributed by atoms with E-state index in [4.69, 9.17) is 11.6 Å². The van der Waals surface area contributed by atoms with Crippen LogP contribution in [0.4, 0.5) is 5.69 Å². The van der Waals surface area contributed by atoms with E-state index >= 15 is 0 Å². The Morgan fingerprint density at radius 3 is 2.76 bits per heavy atom. The molecule has 0 unspecified atom stereocenters. The lowest BCUT2D eigenvalue weighted by Crippen LogP contribution is -2.30. The van der Waals surface area contributed by atoms with Gasteiger partial charge in [-0.3, -0.25) is 4.79 Å². The number of carbonyl (C=O) groups excluding carboxylic acids is 1. The fourth-order valence-corrected chi connectivity index (χ4v) is 2.47. The second-order valence-corrected chi connectivity index (χ2v) is 5.10. The summed E-state index contributed by atoms with van der Waals surface area (Å²) in [5.41, 5.74) is -0.132. The predicted octanol–water partition coefficient (Wildman–Crippen LogP) is 2.97. The minimum atomic E-state index is -0.803. The maximum Gasteiger partial charge on any atom is 0.227 e. The summed E-state index contributed by atoms with van der Waals surface area (Å²) in [6.45, 7) is 0. The number of rotatable bonds is 3. The lowest BCUT2D eigenvalue weighted by atomic mass is 9.97. The molecule has 0 aromatic heterocycles. The van der Waals surface area contributed by atoms with E-state index in [1.165, 1.54) is 0 Å². The van der Waals surface area contributed by atoms with Crippen LogP contribution in [0, 0.1) is 0 Å². The molecule has 1 aromatic rings. The summed E-state index contributed by atoms with van der Waals surface area (Å²) in [7, 11) is 0. The molecule has 0 spiro atoms. The van der Waals surface area contributed by atoms with Crippen molar-refractivity contribution in [3.05, 3.63) is 29.3 Å². The molecule has 1 aliphatic rings. The Balaban J connectivity index is 1.93. The Kier molecular flexibility index (Phi) is 3.69. The molecule has 1 aliphatic carbocycles. The van der Waals surface area contributed by atoms with Crippen molar-refractivity contribution in [1.29, 1.82) is 0 Å². The molecule has 0 aliphatic heterocycles. The van der Waals surface area contributed by atoms with E-state index in [0.29, 0.717) is 10.7 Å². The van der Waals surface area contributed by atoms with Gasteiger partial charge >= 0.3 is 0 Å². The number of hydrogen-bond acceptors (Lipinski definition) is 2. The maximum atomic E-state index is 11.8. The molecular formula is C13H16ClNO2. The SMILES string of the molecule is O=C(CC1(O)CCCC1)Nc1cccc(Cl)c1. The first-order valence-corrected chi connectivity index (χ1v) is 6.23. The third-order valence-electron chi connectivity index (χ3n) is 3.13. The summed E-state index contributed by atoms with van der Waals surface area (Å²) in [6, 6.07) is 7.00. The first-order valence-electron chi connectivity index (χ1n) is 5.85. The number of nitrogens with one attached hydrogen (secondary N) is 1. The van der Waals surface area contributed by atoms with Crippen LogP contribution in [0.3, 0.4) is 0 Å². The van der Waals surface area contributed by atoms with Gasteiger partial charge in [-0.1, -0.05) is 30.5 Å². The molecule has 1 saturated carbocycles. The van der Waals surface area contributed by atoms with Gasteiger partial charge in [-0.15, -0.1) is 0 Å². The predicted molar refractivity (Wildman–Crippen MR) is 68.1 cm³/mol. The Labute approximate surface area is 106 Å². The molecule has 1 fully saturated rings. The molecule has 0 saturated heterocycles. The van der Waals surface area contributed by atoms with E-state index in [0.717, 1.165) is 25.7 Å². The molecule has 17 heavy (non-hydrogen) atoms. The summed E-state index contributed by atoms with van der Waals surface area (Å²) in [5, 5.41) is 13.4. The summed E-state index contributed by atoms with van der Waals surface area (Å²) in [4.78, 5) is 11.8. The molecule has 2 rings (SSSR count). The van der Waals surface area contributed by atoms with Crippen LogP contribution in [-0.2, 0) is 4.79 Å². The highest BCUT2D eigenvalue weighted by atomic mass is 35.5. The van der Waals surface area contributed by atoms with Gasteiger partial charge in [-0.2, -0.15) is 0 Å². The Bertz CT molecular complexity index is 414. The van der Waals surface area contributed by atoms with Crippen molar-refractivity contribution < 1.29 is 9.90 Å². The number of benzene rings is 1. The van der Waals surface area contributed by atoms with Gasteiger partial charge in [0.2, 0.25) is 5.91 Å². The zero-order valence-electron chi connectivity index (χ0n) is 9.58. The average molecular weight is 254 g/mol. The highest BCUT2D eigenvalue weighted by Gasteiger charge is 2.33. The third kappa shape index (κ3) is 3.45. The highest BCUT2D eigenvalue weighted by molar-refractivity contribution is 6.30. The average Bonchev–Trinajstić information content (AvgIpc) is 2.64. The minimum Gasteiger partial charge on any atom is -0.389 e. The number of carbonyl (C=O) groups is 1. The van der Waals surface area contributed by atoms with Crippen LogP contribution in [-0.4, -0.2) is 16.6 Å². The van der Waals surface area contributed by atoms with E-state index < -0.39 is 5.60 Å². The van der Waals surface area contributed by atoms with Gasteiger partial charge in [0.15, 0.2) is 0 Å². The minimum absolute atomic E-state index is 0.156. The van der Waals surface area contributed by atoms with Gasteiger partial charge in [-0.05, 0) is 31.0 Å². The summed E-state index contributed by atoms with van der Waals surface area (Å²) in [5.74, 6) is -0.156. The Morgan fingerprint density at radius 2 is 2.12 bits per heavy atom. The van der Waals surface area contributed by atoms with Crippen molar-refractivity contribution in [2.75, 3.05) is 5.32 Å². The number of anilines is 1. The molecule has 4 heteroatoms. The maximum absolute atomic E-state index is 11.8. The lowest BCUT2D eigenvalue weighted by Gasteiger charge is -2.21. The molecule has 2 N–H and O–H groups in total. The monoisotopic (exact) mass is 253 g/mol. The van der Waals surface area contributed by atoms with Crippen LogP contribution in [0.5, 0.6) is 0 Å². The van der Waals surface area contributed by atoms with Gasteiger partial charge in [0.05, 0.1) is 12.0 Å². The summed E-state index contributed by atoms with van der Waals surface area (Å²) < 4.78 is 0. The standard InChI is InChI=1S/C13H16ClNO2/c14-10-4-3-5-11(8-10)15-12(16)9-13(17)6-1-2-7-13/h3-5,8,17H,1-2,6-7,9H2,(H,15,16). The van der Waals surface area contributed by atoms with Crippen molar-refractivity contribution >= 4 is 23.2 Å². The van der Waals surface area contributed by atoms with Crippen LogP contribution in [0.15, 0.2) is 24.3 Å². The van der Waals surface area contributed by atoms with E-state index in [-0.39, 0.29) is 12.3 Å².